The third-order valence-electron chi connectivity index (χ3n) is 3.45. The molecule has 0 saturated heterocycles. The van der Waals surface area contributed by atoms with E-state index < -0.39 is 11.7 Å². The Balaban J connectivity index is 2.25. The lowest BCUT2D eigenvalue weighted by atomic mass is 9.98. The van der Waals surface area contributed by atoms with Crippen LogP contribution in [0.2, 0.25) is 0 Å². The van der Waals surface area contributed by atoms with Crippen LogP contribution in [0.4, 0.5) is 13.2 Å². The van der Waals surface area contributed by atoms with E-state index in [0.29, 0.717) is 9.39 Å². The molecule has 3 rings (SSSR count). The van der Waals surface area contributed by atoms with Crippen LogP contribution in [0.3, 0.4) is 0 Å². The van der Waals surface area contributed by atoms with E-state index in [9.17, 15) is 13.2 Å². The largest absolute Gasteiger partial charge is 0.417 e. The first-order valence-corrected chi connectivity index (χ1v) is 9.30. The lowest BCUT2D eigenvalue weighted by Crippen LogP contribution is -2.06. The van der Waals surface area contributed by atoms with Gasteiger partial charge in [-0.15, -0.1) is 0 Å². The van der Waals surface area contributed by atoms with Gasteiger partial charge in [0.15, 0.2) is 0 Å². The summed E-state index contributed by atoms with van der Waals surface area (Å²) in [6.45, 7) is 1.97. The molecule has 1 heterocycles. The molecule has 23 heavy (non-hydrogen) atoms. The lowest BCUT2D eigenvalue weighted by molar-refractivity contribution is -0.137. The Morgan fingerprint density at radius 3 is 2.22 bits per heavy atom. The Kier molecular flexibility index (Phi) is 4.40. The summed E-state index contributed by atoms with van der Waals surface area (Å²) in [5, 5.41) is 0. The quantitative estimate of drug-likeness (QED) is 0.340. The fourth-order valence-electron chi connectivity index (χ4n) is 2.33. The summed E-state index contributed by atoms with van der Waals surface area (Å²) in [6.07, 6.45) is -4.41. The molecule has 2 aromatic carbocycles. The number of rotatable bonds is 2. The molecule has 0 N–H and O–H groups in total. The highest BCUT2D eigenvalue weighted by atomic mass is 32.9. The zero-order chi connectivity index (χ0) is 16.6. The van der Waals surface area contributed by atoms with Gasteiger partial charge in [0.25, 0.3) is 0 Å². The van der Waals surface area contributed by atoms with Gasteiger partial charge < -0.3 is 0 Å². The molecule has 0 unspecified atom stereocenters. The van der Waals surface area contributed by atoms with Crippen molar-refractivity contribution in [1.82, 2.24) is 0 Å². The lowest BCUT2D eigenvalue weighted by Gasteiger charge is -2.13. The van der Waals surface area contributed by atoms with Crippen molar-refractivity contribution < 1.29 is 13.2 Å². The minimum atomic E-state index is -4.41. The van der Waals surface area contributed by atoms with Crippen molar-refractivity contribution in [3.8, 4) is 21.6 Å². The number of halogens is 3. The highest BCUT2D eigenvalue weighted by Crippen LogP contribution is 2.45. The van der Waals surface area contributed by atoms with Crippen LogP contribution in [-0.4, -0.2) is 0 Å². The van der Waals surface area contributed by atoms with Gasteiger partial charge in [0.2, 0.25) is 0 Å². The van der Waals surface area contributed by atoms with E-state index in [0.717, 1.165) is 22.1 Å². The SMILES string of the molecule is Cc1ccc(-c2ssc(=S)c2-c2ccccc2C(F)(F)F)cc1. The van der Waals surface area contributed by atoms with Gasteiger partial charge in [0.05, 0.1) is 10.4 Å². The first-order valence-electron chi connectivity index (χ1n) is 6.74. The van der Waals surface area contributed by atoms with Crippen LogP contribution in [-0.2, 0) is 6.18 Å². The summed E-state index contributed by atoms with van der Waals surface area (Å²) in [6, 6.07) is 13.3. The summed E-state index contributed by atoms with van der Waals surface area (Å²) in [5.41, 5.74) is 2.00. The van der Waals surface area contributed by atoms with Crippen LogP contribution in [0, 0.1) is 10.7 Å². The fourth-order valence-corrected chi connectivity index (χ4v) is 5.23. The molecule has 0 aliphatic rings. The molecule has 0 amide bonds. The molecule has 118 valence electrons. The highest BCUT2D eigenvalue weighted by molar-refractivity contribution is 7.80. The molecule has 0 fully saturated rings. The van der Waals surface area contributed by atoms with Gasteiger partial charge in [0.1, 0.15) is 3.82 Å². The van der Waals surface area contributed by atoms with E-state index in [2.05, 4.69) is 0 Å². The zero-order valence-corrected chi connectivity index (χ0v) is 14.4. The Morgan fingerprint density at radius 1 is 0.913 bits per heavy atom. The molecule has 0 aliphatic heterocycles. The predicted octanol–water partition coefficient (Wildman–Crippen LogP) is 7.20. The third-order valence-corrected chi connectivity index (χ3v) is 6.51. The fraction of sp³-hybridized carbons (Fsp3) is 0.118. The Labute approximate surface area is 144 Å². The number of alkyl halides is 3. The van der Waals surface area contributed by atoms with Gasteiger partial charge in [-0.2, -0.15) is 13.2 Å². The molecule has 0 atom stereocenters. The second kappa shape index (κ2) is 6.19. The number of benzene rings is 2. The van der Waals surface area contributed by atoms with Crippen molar-refractivity contribution >= 4 is 32.9 Å². The number of hydrogen-bond acceptors (Lipinski definition) is 3. The maximum atomic E-state index is 13.3. The van der Waals surface area contributed by atoms with Crippen molar-refractivity contribution in [1.29, 1.82) is 0 Å². The number of hydrogen-bond donors (Lipinski definition) is 0. The summed E-state index contributed by atoms with van der Waals surface area (Å²) in [7, 11) is 2.75. The van der Waals surface area contributed by atoms with Crippen LogP contribution in [0.5, 0.6) is 0 Å². The van der Waals surface area contributed by atoms with Gasteiger partial charge in [-0.25, -0.2) is 0 Å². The van der Waals surface area contributed by atoms with Crippen molar-refractivity contribution in [2.24, 2.45) is 0 Å². The van der Waals surface area contributed by atoms with Gasteiger partial charge >= 0.3 is 6.18 Å². The molecule has 0 aliphatic carbocycles. The van der Waals surface area contributed by atoms with Crippen LogP contribution >= 0.6 is 32.9 Å². The Bertz CT molecular complexity index is 886. The van der Waals surface area contributed by atoms with Crippen LogP contribution in [0.25, 0.3) is 21.6 Å². The van der Waals surface area contributed by atoms with E-state index in [1.54, 1.807) is 6.07 Å². The zero-order valence-electron chi connectivity index (χ0n) is 12.0. The second-order valence-corrected chi connectivity index (χ2v) is 7.88. The maximum absolute atomic E-state index is 13.3. The second-order valence-electron chi connectivity index (χ2n) is 5.07. The summed E-state index contributed by atoms with van der Waals surface area (Å²) >= 11 is 5.32. The molecule has 1 aromatic heterocycles. The van der Waals surface area contributed by atoms with Gasteiger partial charge in [-0.05, 0) is 24.1 Å². The van der Waals surface area contributed by atoms with E-state index in [-0.39, 0.29) is 5.56 Å². The molecule has 6 heteroatoms. The average molecular weight is 368 g/mol. The van der Waals surface area contributed by atoms with Crippen molar-refractivity contribution in [2.45, 2.75) is 13.1 Å². The normalized spacial score (nSPS) is 11.7. The first-order chi connectivity index (χ1) is 10.9. The minimum absolute atomic E-state index is 0.151. The third kappa shape index (κ3) is 3.24. The van der Waals surface area contributed by atoms with Gasteiger partial charge in [0, 0.05) is 5.56 Å². The highest BCUT2D eigenvalue weighted by Gasteiger charge is 2.34. The van der Waals surface area contributed by atoms with Crippen molar-refractivity contribution in [3.05, 3.63) is 63.5 Å². The average Bonchev–Trinajstić information content (AvgIpc) is 2.89. The molecule has 0 nitrogen and oxygen atoms in total. The standard InChI is InChI=1S/C17H11F3S3/c1-10-6-8-11(9-7-10)15-14(16(21)23-22-15)12-4-2-3-5-13(12)17(18,19)20/h2-9H,1H3. The van der Waals surface area contributed by atoms with E-state index in [1.807, 2.05) is 31.2 Å². The Morgan fingerprint density at radius 2 is 1.57 bits per heavy atom. The first kappa shape index (κ1) is 16.4. The van der Waals surface area contributed by atoms with Crippen molar-refractivity contribution in [3.63, 3.8) is 0 Å². The Hall–Kier alpha value is -1.50. The smallest absolute Gasteiger partial charge is 0.166 e. The van der Waals surface area contributed by atoms with Crippen LogP contribution < -0.4 is 0 Å². The topological polar surface area (TPSA) is 0 Å². The van der Waals surface area contributed by atoms with E-state index in [1.165, 1.54) is 32.8 Å². The monoisotopic (exact) mass is 368 g/mol. The van der Waals surface area contributed by atoms with E-state index >= 15 is 0 Å². The summed E-state index contributed by atoms with van der Waals surface area (Å²) < 4.78 is 40.5. The predicted molar refractivity (Wildman–Crippen MR) is 93.6 cm³/mol. The van der Waals surface area contributed by atoms with Gasteiger partial charge in [-0.3, -0.25) is 0 Å². The molecular formula is C17H11F3S3. The van der Waals surface area contributed by atoms with Gasteiger partial charge in [-0.1, -0.05) is 80.9 Å². The molecule has 0 spiro atoms. The van der Waals surface area contributed by atoms with Crippen LogP contribution in [0.1, 0.15) is 11.1 Å². The molecule has 0 saturated carbocycles. The van der Waals surface area contributed by atoms with Crippen molar-refractivity contribution in [2.75, 3.05) is 0 Å². The van der Waals surface area contributed by atoms with Crippen LogP contribution in [0.15, 0.2) is 48.5 Å². The summed E-state index contributed by atoms with van der Waals surface area (Å²) in [4.78, 5) is 0.789. The maximum Gasteiger partial charge on any atom is 0.417 e. The van der Waals surface area contributed by atoms with E-state index in [4.69, 9.17) is 12.2 Å². The number of aryl methyl sites for hydroxylation is 1. The summed E-state index contributed by atoms with van der Waals surface area (Å²) in [5.74, 6) is 0. The molecule has 0 bridgehead atoms. The molecule has 0 radical (unpaired) electrons. The molecular weight excluding hydrogens is 357 g/mol. The minimum Gasteiger partial charge on any atom is -0.166 e. The molecule has 3 aromatic rings.